The molecule has 1 aromatic heterocycles. The Morgan fingerprint density at radius 2 is 2.00 bits per heavy atom. The summed E-state index contributed by atoms with van der Waals surface area (Å²) in [7, 11) is 0. The van der Waals surface area contributed by atoms with Gasteiger partial charge in [-0.05, 0) is 24.5 Å². The number of amides is 1. The van der Waals surface area contributed by atoms with Gasteiger partial charge in [0, 0.05) is 18.4 Å². The van der Waals surface area contributed by atoms with Crippen molar-refractivity contribution in [1.29, 1.82) is 0 Å². The number of aromatic nitrogens is 2. The molecule has 0 unspecified atom stereocenters. The first-order valence-corrected chi connectivity index (χ1v) is 7.29. The number of carbonyl (C=O) groups excluding carboxylic acids is 1. The number of primary amides is 1. The summed E-state index contributed by atoms with van der Waals surface area (Å²) in [5, 5.41) is 6.26. The van der Waals surface area contributed by atoms with Gasteiger partial charge in [0.15, 0.2) is 0 Å². The molecule has 0 aliphatic rings. The third kappa shape index (κ3) is 4.44. The fraction of sp³-hybridized carbons (Fsp3) is 0.312. The predicted octanol–water partition coefficient (Wildman–Crippen LogP) is 2.78. The molecule has 0 fully saturated rings. The molecule has 0 bridgehead atoms. The fourth-order valence-corrected chi connectivity index (χ4v) is 1.89. The van der Waals surface area contributed by atoms with Crippen molar-refractivity contribution in [3.63, 3.8) is 0 Å². The average Bonchev–Trinajstić information content (AvgIpc) is 2.48. The second kappa shape index (κ2) is 7.40. The van der Waals surface area contributed by atoms with Crippen molar-refractivity contribution in [2.24, 2.45) is 11.7 Å². The molecule has 0 spiro atoms. The normalized spacial score (nSPS) is 10.5. The van der Waals surface area contributed by atoms with E-state index < -0.39 is 5.91 Å². The lowest BCUT2D eigenvalue weighted by Crippen LogP contribution is -2.18. The average molecular weight is 299 g/mol. The number of rotatable bonds is 7. The molecule has 1 aromatic carbocycles. The Labute approximate surface area is 130 Å². The maximum absolute atomic E-state index is 11.5. The largest absolute Gasteiger partial charge is 0.369 e. The first-order valence-electron chi connectivity index (χ1n) is 7.29. The summed E-state index contributed by atoms with van der Waals surface area (Å²) in [6, 6.07) is 9.60. The second-order valence-electron chi connectivity index (χ2n) is 5.42. The molecule has 22 heavy (non-hydrogen) atoms. The van der Waals surface area contributed by atoms with Crippen molar-refractivity contribution in [3.05, 3.63) is 42.1 Å². The molecule has 1 heterocycles. The van der Waals surface area contributed by atoms with Crippen LogP contribution < -0.4 is 16.4 Å². The number of nitrogens with zero attached hydrogens (tertiary/aromatic N) is 2. The highest BCUT2D eigenvalue weighted by atomic mass is 16.1. The molecule has 2 rings (SSSR count). The maximum Gasteiger partial charge on any atom is 0.254 e. The molecule has 1 amide bonds. The van der Waals surface area contributed by atoms with Crippen LogP contribution in [0.3, 0.4) is 0 Å². The maximum atomic E-state index is 11.5. The Morgan fingerprint density at radius 3 is 2.64 bits per heavy atom. The highest BCUT2D eigenvalue weighted by Crippen LogP contribution is 2.17. The first kappa shape index (κ1) is 15.8. The zero-order chi connectivity index (χ0) is 15.9. The van der Waals surface area contributed by atoms with Gasteiger partial charge >= 0.3 is 0 Å². The minimum absolute atomic E-state index is 0.294. The van der Waals surface area contributed by atoms with Crippen LogP contribution in [0.25, 0.3) is 0 Å². The van der Waals surface area contributed by atoms with Crippen LogP contribution in [0.2, 0.25) is 0 Å². The van der Waals surface area contributed by atoms with Crippen molar-refractivity contribution in [1.82, 2.24) is 9.97 Å². The van der Waals surface area contributed by atoms with Crippen molar-refractivity contribution < 1.29 is 4.79 Å². The van der Waals surface area contributed by atoms with Crippen LogP contribution in [-0.2, 0) is 0 Å². The van der Waals surface area contributed by atoms with Gasteiger partial charge in [-0.25, -0.2) is 4.98 Å². The summed E-state index contributed by atoms with van der Waals surface area (Å²) in [6.07, 6.45) is 2.42. The number of nitrogens with one attached hydrogen (secondary N) is 2. The minimum Gasteiger partial charge on any atom is -0.369 e. The molecule has 4 N–H and O–H groups in total. The number of hydrogen-bond acceptors (Lipinski definition) is 5. The van der Waals surface area contributed by atoms with Crippen LogP contribution in [0.15, 0.2) is 36.5 Å². The van der Waals surface area contributed by atoms with E-state index in [9.17, 15) is 4.79 Å². The van der Waals surface area contributed by atoms with Gasteiger partial charge in [-0.3, -0.25) is 4.79 Å². The summed E-state index contributed by atoms with van der Waals surface area (Å²) in [5.41, 5.74) is 6.54. The Morgan fingerprint density at radius 1 is 1.27 bits per heavy atom. The number of para-hydroxylation sites is 1. The zero-order valence-electron chi connectivity index (χ0n) is 12.8. The van der Waals surface area contributed by atoms with Crippen molar-refractivity contribution in [3.8, 4) is 0 Å². The molecular weight excluding hydrogens is 278 g/mol. The van der Waals surface area contributed by atoms with Gasteiger partial charge in [-0.2, -0.15) is 4.98 Å². The molecule has 0 aliphatic heterocycles. The molecule has 0 saturated heterocycles. The summed E-state index contributed by atoms with van der Waals surface area (Å²) in [5.74, 6) is 0.899. The molecule has 116 valence electrons. The van der Waals surface area contributed by atoms with E-state index in [1.54, 1.807) is 0 Å². The van der Waals surface area contributed by atoms with Crippen LogP contribution in [-0.4, -0.2) is 22.4 Å². The van der Waals surface area contributed by atoms with E-state index in [1.807, 2.05) is 30.3 Å². The Balaban J connectivity index is 2.17. The van der Waals surface area contributed by atoms with Crippen molar-refractivity contribution >= 4 is 23.4 Å². The quantitative estimate of drug-likeness (QED) is 0.731. The molecule has 6 heteroatoms. The van der Waals surface area contributed by atoms with Crippen LogP contribution in [0.4, 0.5) is 17.5 Å². The molecule has 0 aliphatic carbocycles. The zero-order valence-corrected chi connectivity index (χ0v) is 12.8. The van der Waals surface area contributed by atoms with E-state index in [0.717, 1.165) is 18.7 Å². The van der Waals surface area contributed by atoms with E-state index in [1.165, 1.54) is 6.20 Å². The van der Waals surface area contributed by atoms with Gasteiger partial charge in [-0.15, -0.1) is 0 Å². The first-order chi connectivity index (χ1) is 10.6. The lowest BCUT2D eigenvalue weighted by Gasteiger charge is -2.12. The SMILES string of the molecule is CC(C)CCNc1nc(Nc2ccccc2)ncc1C(N)=O. The predicted molar refractivity (Wildman–Crippen MR) is 88.2 cm³/mol. The Kier molecular flexibility index (Phi) is 5.30. The standard InChI is InChI=1S/C16H21N5O/c1-11(2)8-9-18-15-13(14(17)22)10-19-16(21-15)20-12-6-4-3-5-7-12/h3-7,10-11H,8-9H2,1-2H3,(H2,17,22)(H2,18,19,20,21). The Bertz CT molecular complexity index is 628. The van der Waals surface area contributed by atoms with Crippen LogP contribution in [0, 0.1) is 5.92 Å². The molecule has 0 saturated carbocycles. The number of hydrogen-bond donors (Lipinski definition) is 3. The van der Waals surface area contributed by atoms with Gasteiger partial charge in [0.05, 0.1) is 5.56 Å². The van der Waals surface area contributed by atoms with E-state index in [4.69, 9.17) is 5.73 Å². The molecule has 2 aromatic rings. The minimum atomic E-state index is -0.543. The third-order valence-corrected chi connectivity index (χ3v) is 3.10. The number of carbonyl (C=O) groups is 1. The van der Waals surface area contributed by atoms with Gasteiger partial charge in [0.25, 0.3) is 5.91 Å². The molecular formula is C16H21N5O. The van der Waals surface area contributed by atoms with Gasteiger partial charge in [-0.1, -0.05) is 32.0 Å². The van der Waals surface area contributed by atoms with Crippen LogP contribution in [0.1, 0.15) is 30.6 Å². The second-order valence-corrected chi connectivity index (χ2v) is 5.42. The molecule has 0 radical (unpaired) electrons. The highest BCUT2D eigenvalue weighted by molar-refractivity contribution is 5.97. The van der Waals surface area contributed by atoms with Crippen LogP contribution >= 0.6 is 0 Å². The van der Waals surface area contributed by atoms with Crippen molar-refractivity contribution in [2.75, 3.05) is 17.2 Å². The van der Waals surface area contributed by atoms with E-state index in [2.05, 4.69) is 34.4 Å². The van der Waals surface area contributed by atoms with Gasteiger partial charge in [0.1, 0.15) is 5.82 Å². The summed E-state index contributed by atoms with van der Waals surface area (Å²) in [4.78, 5) is 20.0. The number of nitrogens with two attached hydrogens (primary N) is 1. The van der Waals surface area contributed by atoms with E-state index >= 15 is 0 Å². The van der Waals surface area contributed by atoms with Gasteiger partial charge < -0.3 is 16.4 Å². The number of benzene rings is 1. The Hall–Kier alpha value is -2.63. The third-order valence-electron chi connectivity index (χ3n) is 3.10. The number of anilines is 3. The molecule has 6 nitrogen and oxygen atoms in total. The van der Waals surface area contributed by atoms with E-state index in [-0.39, 0.29) is 0 Å². The topological polar surface area (TPSA) is 92.9 Å². The molecule has 0 atom stereocenters. The lowest BCUT2D eigenvalue weighted by atomic mass is 10.1. The smallest absolute Gasteiger partial charge is 0.254 e. The van der Waals surface area contributed by atoms with E-state index in [0.29, 0.717) is 23.2 Å². The highest BCUT2D eigenvalue weighted by Gasteiger charge is 2.12. The monoisotopic (exact) mass is 299 g/mol. The van der Waals surface area contributed by atoms with Gasteiger partial charge in [0.2, 0.25) is 5.95 Å². The van der Waals surface area contributed by atoms with Crippen LogP contribution in [0.5, 0.6) is 0 Å². The summed E-state index contributed by atoms with van der Waals surface area (Å²) < 4.78 is 0. The summed E-state index contributed by atoms with van der Waals surface area (Å²) >= 11 is 0. The lowest BCUT2D eigenvalue weighted by molar-refractivity contribution is 0.100. The summed E-state index contributed by atoms with van der Waals surface area (Å²) in [6.45, 7) is 5.00. The van der Waals surface area contributed by atoms with Crippen molar-refractivity contribution in [2.45, 2.75) is 20.3 Å². The fourth-order valence-electron chi connectivity index (χ4n) is 1.89.